The van der Waals surface area contributed by atoms with Crippen molar-refractivity contribution in [2.75, 3.05) is 0 Å². The number of amides is 8. The van der Waals surface area contributed by atoms with E-state index in [-0.39, 0.29) is 109 Å². The van der Waals surface area contributed by atoms with Gasteiger partial charge in [-0.15, -0.1) is 0 Å². The van der Waals surface area contributed by atoms with Crippen molar-refractivity contribution in [3.8, 4) is 0 Å². The van der Waals surface area contributed by atoms with E-state index in [0.29, 0.717) is 0 Å². The number of hydrogen-bond acceptors (Lipinski definition) is 12. The zero-order valence-corrected chi connectivity index (χ0v) is 50.3. The summed E-state index contributed by atoms with van der Waals surface area (Å²) >= 11 is 0. The summed E-state index contributed by atoms with van der Waals surface area (Å²) in [5.41, 5.74) is 5.07. The Morgan fingerprint density at radius 2 is 0.356 bits per heavy atom. The Kier molecular flexibility index (Phi) is 22.2. The first-order valence-electron chi connectivity index (χ1n) is 27.3. The number of benzene rings is 8. The Hall–Kier alpha value is -10.6. The number of fused-ring (bicyclic) bond motifs is 4. The maximum atomic E-state index is 12.4. The number of nitrogens with zero attached hydrogens (tertiary/aromatic N) is 4. The fraction of sp³-hybridized carbons (Fsp3) is 0.118. The molecule has 1 unspecified atom stereocenters. The summed E-state index contributed by atoms with van der Waals surface area (Å²) in [5.74, 6) is -9.20. The van der Waals surface area contributed by atoms with Gasteiger partial charge in [0.2, 0.25) is 0 Å². The third kappa shape index (κ3) is 14.4. The molecule has 0 bridgehead atoms. The minimum atomic E-state index is -1.21. The Morgan fingerprint density at radius 1 is 0.233 bits per heavy atom. The monoisotopic (exact) mass is 1390 g/mol. The molecule has 12 rings (SSSR count). The minimum absolute atomic E-state index is 0. The molecule has 4 aliphatic heterocycles. The molecule has 0 saturated carbocycles. The van der Waals surface area contributed by atoms with Gasteiger partial charge in [0.1, 0.15) is 24.2 Å². The van der Waals surface area contributed by atoms with Gasteiger partial charge in [0, 0.05) is 64.6 Å². The molecule has 90 heavy (non-hydrogen) atoms. The summed E-state index contributed by atoms with van der Waals surface area (Å²) < 4.78 is 0. The van der Waals surface area contributed by atoms with Crippen LogP contribution in [0, 0.1) is 0 Å². The van der Waals surface area contributed by atoms with Crippen molar-refractivity contribution in [1.82, 2.24) is 19.6 Å². The molecular formula is C68H52N4O16Rh2. The van der Waals surface area contributed by atoms with Crippen LogP contribution in [0.25, 0.3) is 0 Å². The van der Waals surface area contributed by atoms with Crippen LogP contribution in [0.2, 0.25) is 0 Å². The smallest absolute Gasteiger partial charge is 0.327 e. The van der Waals surface area contributed by atoms with Gasteiger partial charge >= 0.3 is 23.9 Å². The normalized spacial score (nSPS) is 14.5. The van der Waals surface area contributed by atoms with Gasteiger partial charge in [-0.3, -0.25) is 58.0 Å². The van der Waals surface area contributed by atoms with Crippen molar-refractivity contribution in [2.45, 2.75) is 49.9 Å². The molecular weight excluding hydrogens is 1330 g/mol. The Bertz CT molecular complexity index is 3410. The van der Waals surface area contributed by atoms with Gasteiger partial charge in [-0.25, -0.2) is 19.2 Å². The molecule has 0 saturated heterocycles. The molecule has 4 heterocycles. The molecule has 0 fully saturated rings. The van der Waals surface area contributed by atoms with Gasteiger partial charge < -0.3 is 20.4 Å². The SMILES string of the molecule is O=C(O)C(Cc1ccccc1)N1C(=O)c2ccccc2C1=O.O=C(O)[C@H](Cc1ccccc1)N1C(=O)c2ccccc2C1=O.O=C(O)[C@H](Cc1ccccc1)N1C(=O)c2ccccc2C1=O.O=C(O)[C@H](Cc1ccccc1)N1C(=O)c2ccccc2C1=O.[Rh].[Rh]. The predicted molar refractivity (Wildman–Crippen MR) is 314 cm³/mol. The van der Waals surface area contributed by atoms with Crippen molar-refractivity contribution in [2.24, 2.45) is 0 Å². The van der Waals surface area contributed by atoms with E-state index in [2.05, 4.69) is 0 Å². The number of hydrogen-bond donors (Lipinski definition) is 4. The van der Waals surface area contributed by atoms with E-state index in [9.17, 15) is 78.0 Å². The zero-order chi connectivity index (χ0) is 62.8. The number of carbonyl (C=O) groups excluding carboxylic acids is 8. The summed E-state index contributed by atoms with van der Waals surface area (Å²) in [6, 6.07) is 56.4. The van der Waals surface area contributed by atoms with Crippen LogP contribution in [0.3, 0.4) is 0 Å². The van der Waals surface area contributed by atoms with E-state index in [1.54, 1.807) is 146 Å². The van der Waals surface area contributed by atoms with E-state index in [1.807, 2.05) is 24.3 Å². The van der Waals surface area contributed by atoms with E-state index in [1.165, 1.54) is 48.5 Å². The van der Waals surface area contributed by atoms with Crippen LogP contribution >= 0.6 is 0 Å². The van der Waals surface area contributed by atoms with Crippen LogP contribution in [-0.4, -0.2) is 135 Å². The largest absolute Gasteiger partial charge is 0.480 e. The van der Waals surface area contributed by atoms with E-state index >= 15 is 0 Å². The third-order valence-electron chi connectivity index (χ3n) is 14.8. The second-order valence-corrected chi connectivity index (χ2v) is 20.3. The maximum absolute atomic E-state index is 12.4. The molecule has 20 nitrogen and oxygen atoms in total. The minimum Gasteiger partial charge on any atom is -0.480 e. The Labute approximate surface area is 539 Å². The third-order valence-corrected chi connectivity index (χ3v) is 14.8. The van der Waals surface area contributed by atoms with Gasteiger partial charge in [0.05, 0.1) is 44.5 Å². The zero-order valence-electron chi connectivity index (χ0n) is 47.1. The van der Waals surface area contributed by atoms with Gasteiger partial charge in [0.15, 0.2) is 0 Å². The Balaban J connectivity index is 0.000000169. The molecule has 4 atom stereocenters. The molecule has 0 spiro atoms. The average Bonchev–Trinajstić information content (AvgIpc) is 1.81. The fourth-order valence-corrected chi connectivity index (χ4v) is 10.5. The van der Waals surface area contributed by atoms with Crippen molar-refractivity contribution in [3.05, 3.63) is 285 Å². The molecule has 8 aromatic rings. The summed E-state index contributed by atoms with van der Waals surface area (Å²) in [5, 5.41) is 37.9. The number of aliphatic carboxylic acids is 4. The van der Waals surface area contributed by atoms with E-state index < -0.39 is 95.3 Å². The number of rotatable bonds is 16. The summed E-state index contributed by atoms with van der Waals surface area (Å²) in [6.45, 7) is 0. The molecule has 458 valence electrons. The van der Waals surface area contributed by atoms with Crippen molar-refractivity contribution in [1.29, 1.82) is 0 Å². The molecule has 4 N–H and O–H groups in total. The van der Waals surface area contributed by atoms with Crippen molar-refractivity contribution < 1.29 is 117 Å². The number of carbonyl (C=O) groups is 12. The first kappa shape index (κ1) is 67.0. The molecule has 0 aromatic heterocycles. The molecule has 0 aliphatic carbocycles. The first-order valence-corrected chi connectivity index (χ1v) is 27.3. The standard InChI is InChI=1S/4C17H13NO4.2Rh/c4*19-15-12-8-4-5-9-13(12)16(20)18(15)14(17(21)22)10-11-6-2-1-3-7-11;;/h4*1-9,14H,10H2,(H,21,22);;/t3*14-;;;/m000.../s1. The summed E-state index contributed by atoms with van der Waals surface area (Å²) in [6.07, 6.45) is 0.340. The molecule has 8 aromatic carbocycles. The number of imide groups is 4. The fourth-order valence-electron chi connectivity index (χ4n) is 10.5. The van der Waals surface area contributed by atoms with Crippen LogP contribution in [0.5, 0.6) is 0 Å². The van der Waals surface area contributed by atoms with Crippen LogP contribution in [0.1, 0.15) is 105 Å². The van der Waals surface area contributed by atoms with Crippen LogP contribution in [0.4, 0.5) is 0 Å². The van der Waals surface area contributed by atoms with Crippen molar-refractivity contribution in [3.63, 3.8) is 0 Å². The molecule has 4 aliphatic rings. The van der Waals surface area contributed by atoms with Crippen LogP contribution < -0.4 is 0 Å². The van der Waals surface area contributed by atoms with Crippen LogP contribution in [-0.2, 0) is 83.8 Å². The molecule has 2 radical (unpaired) electrons. The quantitative estimate of drug-likeness (QED) is 0.0528. The van der Waals surface area contributed by atoms with Gasteiger partial charge in [-0.1, -0.05) is 170 Å². The predicted octanol–water partition coefficient (Wildman–Crippen LogP) is 7.91. The topological polar surface area (TPSA) is 299 Å². The molecule has 22 heteroatoms. The Morgan fingerprint density at radius 3 is 0.478 bits per heavy atom. The van der Waals surface area contributed by atoms with Crippen LogP contribution in [0.15, 0.2) is 218 Å². The second-order valence-electron chi connectivity index (χ2n) is 20.3. The van der Waals surface area contributed by atoms with Gasteiger partial charge in [-0.05, 0) is 70.8 Å². The first-order chi connectivity index (χ1) is 42.4. The average molecular weight is 1390 g/mol. The number of carboxylic acids is 4. The molecule has 8 amide bonds. The van der Waals surface area contributed by atoms with E-state index in [4.69, 9.17) is 0 Å². The van der Waals surface area contributed by atoms with Gasteiger partial charge in [0.25, 0.3) is 47.3 Å². The second kappa shape index (κ2) is 29.9. The summed E-state index contributed by atoms with van der Waals surface area (Å²) in [7, 11) is 0. The van der Waals surface area contributed by atoms with E-state index in [0.717, 1.165) is 41.9 Å². The summed E-state index contributed by atoms with van der Waals surface area (Å²) in [4.78, 5) is 149. The number of carboxylic acid groups (broad SMARTS) is 4. The maximum Gasteiger partial charge on any atom is 0.327 e. The van der Waals surface area contributed by atoms with Crippen molar-refractivity contribution >= 4 is 71.1 Å². The van der Waals surface area contributed by atoms with Gasteiger partial charge in [-0.2, -0.15) is 0 Å².